The van der Waals surface area contributed by atoms with Crippen molar-refractivity contribution < 1.29 is 4.79 Å². The molecule has 0 atom stereocenters. The molecule has 0 aliphatic rings. The van der Waals surface area contributed by atoms with E-state index in [4.69, 9.17) is 4.99 Å². The van der Waals surface area contributed by atoms with Gasteiger partial charge in [-0.1, -0.05) is 106 Å². The van der Waals surface area contributed by atoms with Crippen LogP contribution in [0.25, 0.3) is 5.70 Å². The van der Waals surface area contributed by atoms with Crippen LogP contribution < -0.4 is 5.32 Å². The van der Waals surface area contributed by atoms with Gasteiger partial charge in [-0.25, -0.2) is 4.99 Å². The Labute approximate surface area is 212 Å². The fourth-order valence-electron chi connectivity index (χ4n) is 3.11. The van der Waals surface area contributed by atoms with Gasteiger partial charge in [0.25, 0.3) is 0 Å². The quantitative estimate of drug-likeness (QED) is 0.206. The summed E-state index contributed by atoms with van der Waals surface area (Å²) in [4.78, 5) is 17.4. The van der Waals surface area contributed by atoms with Crippen LogP contribution in [0.15, 0.2) is 108 Å². The van der Waals surface area contributed by atoms with E-state index in [1.165, 1.54) is 11.1 Å². The predicted molar refractivity (Wildman–Crippen MR) is 153 cm³/mol. The number of benzene rings is 2. The van der Waals surface area contributed by atoms with Gasteiger partial charge in [0, 0.05) is 24.2 Å². The van der Waals surface area contributed by atoms with E-state index >= 15 is 0 Å². The molecule has 2 aromatic carbocycles. The molecule has 0 aromatic heterocycles. The third-order valence-electron chi connectivity index (χ3n) is 5.19. The lowest BCUT2D eigenvalue weighted by Gasteiger charge is -2.14. The van der Waals surface area contributed by atoms with Crippen molar-refractivity contribution in [3.63, 3.8) is 0 Å². The van der Waals surface area contributed by atoms with Gasteiger partial charge in [-0.3, -0.25) is 4.79 Å². The number of allylic oxidation sites excluding steroid dienone is 5. The third-order valence-corrected chi connectivity index (χ3v) is 5.19. The van der Waals surface area contributed by atoms with Gasteiger partial charge in [0.15, 0.2) is 5.78 Å². The summed E-state index contributed by atoms with van der Waals surface area (Å²) in [5, 5.41) is 3.28. The van der Waals surface area contributed by atoms with Crippen molar-refractivity contribution >= 4 is 17.2 Å². The number of carbonyl (C=O) groups is 1. The molecule has 35 heavy (non-hydrogen) atoms. The van der Waals surface area contributed by atoms with Crippen molar-refractivity contribution in [2.45, 2.75) is 54.5 Å². The molecular formula is C32H40N2O. The van der Waals surface area contributed by atoms with E-state index in [0.29, 0.717) is 41.2 Å². The summed E-state index contributed by atoms with van der Waals surface area (Å²) in [5.41, 5.74) is 7.43. The van der Waals surface area contributed by atoms with Gasteiger partial charge in [0.1, 0.15) is 0 Å². The average molecular weight is 469 g/mol. The fourth-order valence-corrected chi connectivity index (χ4v) is 3.11. The maximum absolute atomic E-state index is 12.7. The maximum atomic E-state index is 12.7. The number of carbonyl (C=O) groups excluding carboxylic acids is 1. The molecule has 3 heteroatoms. The average Bonchev–Trinajstić information content (AvgIpc) is 2.87. The standard InChI is InChI=1S/C30H34N2O.C2H6/c1-8-10-29(32-24(6)27-17-13-22(4)14-18-27)23(5)19-28(30(33)9-2)25(7)31-20-26-15-11-21(3)12-16-26;1-2/h8,10-19,31H,5-7,9,20H2,1-4H3;1-2H3/b10-8-,28-19-,32-29?;. The second kappa shape index (κ2) is 15.2. The van der Waals surface area contributed by atoms with Gasteiger partial charge < -0.3 is 5.32 Å². The molecule has 0 saturated carbocycles. The van der Waals surface area contributed by atoms with E-state index in [2.05, 4.69) is 56.2 Å². The van der Waals surface area contributed by atoms with E-state index in [-0.39, 0.29) is 5.78 Å². The Bertz CT molecular complexity index is 1110. The van der Waals surface area contributed by atoms with Crippen molar-refractivity contribution in [3.8, 4) is 0 Å². The first-order chi connectivity index (χ1) is 16.7. The van der Waals surface area contributed by atoms with Gasteiger partial charge in [-0.05, 0) is 49.6 Å². The fraction of sp³-hybridized carbons (Fsp3) is 0.250. The van der Waals surface area contributed by atoms with Crippen LogP contribution in [-0.4, -0.2) is 11.5 Å². The van der Waals surface area contributed by atoms with Crippen LogP contribution in [0.4, 0.5) is 0 Å². The van der Waals surface area contributed by atoms with Crippen LogP contribution in [0.2, 0.25) is 0 Å². The van der Waals surface area contributed by atoms with Crippen LogP contribution in [0, 0.1) is 13.8 Å². The van der Waals surface area contributed by atoms with E-state index in [0.717, 1.165) is 11.1 Å². The Morgan fingerprint density at radius 2 is 1.49 bits per heavy atom. The highest BCUT2D eigenvalue weighted by molar-refractivity contribution is 6.13. The van der Waals surface area contributed by atoms with Gasteiger partial charge in [0.05, 0.1) is 11.4 Å². The minimum absolute atomic E-state index is 0.00487. The lowest BCUT2D eigenvalue weighted by Crippen LogP contribution is -2.18. The summed E-state index contributed by atoms with van der Waals surface area (Å²) >= 11 is 0. The summed E-state index contributed by atoms with van der Waals surface area (Å²) in [5.74, 6) is -0.00487. The number of rotatable bonds is 11. The van der Waals surface area contributed by atoms with E-state index in [9.17, 15) is 4.79 Å². The highest BCUT2D eigenvalue weighted by Crippen LogP contribution is 2.19. The van der Waals surface area contributed by atoms with E-state index < -0.39 is 0 Å². The Hall–Kier alpha value is -3.72. The van der Waals surface area contributed by atoms with Crippen molar-refractivity contribution in [2.24, 2.45) is 4.99 Å². The van der Waals surface area contributed by atoms with Crippen molar-refractivity contribution in [3.05, 3.63) is 126 Å². The number of nitrogens with zero attached hydrogens (tertiary/aromatic N) is 1. The number of Topliss-reactive ketones (excluding diaryl/α,β-unsaturated/α-hetero) is 1. The number of hydrogen-bond donors (Lipinski definition) is 1. The van der Waals surface area contributed by atoms with Crippen LogP contribution in [0.3, 0.4) is 0 Å². The normalized spacial score (nSPS) is 11.5. The minimum Gasteiger partial charge on any atom is -0.381 e. The smallest absolute Gasteiger partial charge is 0.164 e. The molecule has 184 valence electrons. The van der Waals surface area contributed by atoms with Crippen LogP contribution >= 0.6 is 0 Å². The lowest BCUT2D eigenvalue weighted by atomic mass is 10.0. The first-order valence-electron chi connectivity index (χ1n) is 12.1. The zero-order valence-corrected chi connectivity index (χ0v) is 22.2. The van der Waals surface area contributed by atoms with Crippen molar-refractivity contribution in [1.82, 2.24) is 5.32 Å². The van der Waals surface area contributed by atoms with Crippen molar-refractivity contribution in [2.75, 3.05) is 0 Å². The first kappa shape index (κ1) is 29.3. The van der Waals surface area contributed by atoms with Crippen molar-refractivity contribution in [1.29, 1.82) is 0 Å². The summed E-state index contributed by atoms with van der Waals surface area (Å²) in [6, 6.07) is 16.3. The third kappa shape index (κ3) is 9.58. The van der Waals surface area contributed by atoms with Gasteiger partial charge in [-0.2, -0.15) is 0 Å². The second-order valence-electron chi connectivity index (χ2n) is 7.99. The number of hydrogen-bond acceptors (Lipinski definition) is 3. The summed E-state index contributed by atoms with van der Waals surface area (Å²) < 4.78 is 0. The molecule has 0 aliphatic heterocycles. The second-order valence-corrected chi connectivity index (χ2v) is 7.99. The molecule has 2 aromatic rings. The molecule has 0 aliphatic carbocycles. The van der Waals surface area contributed by atoms with Gasteiger partial charge >= 0.3 is 0 Å². The lowest BCUT2D eigenvalue weighted by molar-refractivity contribution is -0.115. The molecule has 0 bridgehead atoms. The summed E-state index contributed by atoms with van der Waals surface area (Å²) in [6.07, 6.45) is 5.90. The molecule has 0 spiro atoms. The highest BCUT2D eigenvalue weighted by Gasteiger charge is 2.13. The zero-order valence-electron chi connectivity index (χ0n) is 22.2. The Morgan fingerprint density at radius 1 is 0.943 bits per heavy atom. The monoisotopic (exact) mass is 468 g/mol. The van der Waals surface area contributed by atoms with E-state index in [1.807, 2.05) is 71.0 Å². The number of aliphatic imine (C=N–C) groups is 1. The SMILES string of the molecule is C=C(/C=C(/C(=C)NCc1ccc(C)cc1)C(=O)CC)C(/C=C\C)=NC(=C)c1ccc(C)cc1.CC. The van der Waals surface area contributed by atoms with Crippen LogP contribution in [-0.2, 0) is 11.3 Å². The molecule has 0 radical (unpaired) electrons. The molecule has 1 N–H and O–H groups in total. The molecule has 0 amide bonds. The minimum atomic E-state index is -0.00487. The first-order valence-corrected chi connectivity index (χ1v) is 12.1. The summed E-state index contributed by atoms with van der Waals surface area (Å²) in [6.45, 7) is 24.8. The predicted octanol–water partition coefficient (Wildman–Crippen LogP) is 8.08. The molecule has 0 fully saturated rings. The molecule has 0 saturated heterocycles. The molecule has 3 nitrogen and oxygen atoms in total. The zero-order chi connectivity index (χ0) is 26.4. The Balaban J connectivity index is 0.00000298. The van der Waals surface area contributed by atoms with Gasteiger partial charge in [0.2, 0.25) is 0 Å². The highest BCUT2D eigenvalue weighted by atomic mass is 16.1. The molecule has 0 heterocycles. The summed E-state index contributed by atoms with van der Waals surface area (Å²) in [7, 11) is 0. The number of nitrogens with one attached hydrogen (secondary N) is 1. The molecule has 2 rings (SSSR count). The Kier molecular flexibility index (Phi) is 12.8. The number of aryl methyl sites for hydroxylation is 2. The van der Waals surface area contributed by atoms with Gasteiger partial charge in [-0.15, -0.1) is 0 Å². The maximum Gasteiger partial charge on any atom is 0.164 e. The number of ketones is 1. The topological polar surface area (TPSA) is 41.5 Å². The Morgan fingerprint density at radius 3 is 2.00 bits per heavy atom. The molecule has 0 unspecified atom stereocenters. The largest absolute Gasteiger partial charge is 0.381 e. The van der Waals surface area contributed by atoms with Crippen LogP contribution in [0.5, 0.6) is 0 Å². The molecular weight excluding hydrogens is 428 g/mol. The van der Waals surface area contributed by atoms with E-state index in [1.54, 1.807) is 6.08 Å². The van der Waals surface area contributed by atoms with Crippen LogP contribution in [0.1, 0.15) is 56.4 Å².